The van der Waals surface area contributed by atoms with Gasteiger partial charge in [0.25, 0.3) is 11.6 Å². The predicted molar refractivity (Wildman–Crippen MR) is 101 cm³/mol. The van der Waals surface area contributed by atoms with E-state index in [-0.39, 0.29) is 23.3 Å². The van der Waals surface area contributed by atoms with Crippen molar-refractivity contribution in [1.82, 2.24) is 9.97 Å². The first kappa shape index (κ1) is 16.1. The number of fused-ring (bicyclic) bond motifs is 1. The summed E-state index contributed by atoms with van der Waals surface area (Å²) in [5.74, 6) is 0.422. The number of H-pyrrole nitrogens is 1. The van der Waals surface area contributed by atoms with Crippen molar-refractivity contribution < 1.29 is 4.74 Å². The lowest BCUT2D eigenvalue weighted by molar-refractivity contribution is 0.379. The molecule has 6 heteroatoms. The van der Waals surface area contributed by atoms with Crippen LogP contribution in [0, 0.1) is 0 Å². The fourth-order valence-corrected chi connectivity index (χ4v) is 3.04. The minimum atomic E-state index is -0.332. The lowest BCUT2D eigenvalue weighted by atomic mass is 9.97. The fraction of sp³-hybridized carbons (Fsp3) is 0.150. The number of hydrogen-bond acceptors (Lipinski definition) is 5. The number of nitrogens with zero attached hydrogens (tertiary/aromatic N) is 2. The number of hydrogen-bond donors (Lipinski definition) is 2. The Labute approximate surface area is 150 Å². The van der Waals surface area contributed by atoms with Crippen molar-refractivity contribution in [2.24, 2.45) is 4.99 Å². The van der Waals surface area contributed by atoms with Crippen LogP contribution in [-0.2, 0) is 0 Å². The summed E-state index contributed by atoms with van der Waals surface area (Å²) in [5, 5.41) is 3.37. The van der Waals surface area contributed by atoms with Crippen LogP contribution in [0.2, 0.25) is 0 Å². The molecule has 1 aliphatic rings. The second-order valence-corrected chi connectivity index (χ2v) is 6.01. The SMILES string of the molecule is COc1nc2c(c(=O)[nH]1)N=C(c1ccccc1)CC(c1ccccc1)N2. The van der Waals surface area contributed by atoms with Crippen molar-refractivity contribution in [2.45, 2.75) is 12.5 Å². The van der Waals surface area contributed by atoms with Gasteiger partial charge in [-0.2, -0.15) is 4.98 Å². The highest BCUT2D eigenvalue weighted by Crippen LogP contribution is 2.32. The van der Waals surface area contributed by atoms with E-state index in [9.17, 15) is 4.79 Å². The summed E-state index contributed by atoms with van der Waals surface area (Å²) in [6.45, 7) is 0. The molecular weight excluding hydrogens is 328 g/mol. The van der Waals surface area contributed by atoms with Crippen molar-refractivity contribution >= 4 is 17.2 Å². The van der Waals surface area contributed by atoms with Gasteiger partial charge in [0.1, 0.15) is 0 Å². The maximum absolute atomic E-state index is 12.5. The van der Waals surface area contributed by atoms with Crippen LogP contribution in [0.25, 0.3) is 0 Å². The van der Waals surface area contributed by atoms with Gasteiger partial charge < -0.3 is 10.1 Å². The van der Waals surface area contributed by atoms with E-state index in [4.69, 9.17) is 4.74 Å². The highest BCUT2D eigenvalue weighted by molar-refractivity contribution is 6.03. The molecule has 1 unspecified atom stereocenters. The molecular formula is C20H18N4O2. The molecule has 0 amide bonds. The molecule has 4 rings (SSSR count). The molecule has 2 heterocycles. The van der Waals surface area contributed by atoms with E-state index in [0.717, 1.165) is 16.8 Å². The van der Waals surface area contributed by atoms with E-state index in [1.54, 1.807) is 0 Å². The van der Waals surface area contributed by atoms with Crippen LogP contribution in [0.3, 0.4) is 0 Å². The van der Waals surface area contributed by atoms with E-state index in [1.165, 1.54) is 7.11 Å². The van der Waals surface area contributed by atoms with Crippen molar-refractivity contribution in [3.05, 3.63) is 82.1 Å². The number of benzene rings is 2. The van der Waals surface area contributed by atoms with Crippen LogP contribution >= 0.6 is 0 Å². The second-order valence-electron chi connectivity index (χ2n) is 6.01. The Balaban J connectivity index is 1.88. The summed E-state index contributed by atoms with van der Waals surface area (Å²) < 4.78 is 5.10. The molecule has 0 spiro atoms. The lowest BCUT2D eigenvalue weighted by Crippen LogP contribution is -2.16. The van der Waals surface area contributed by atoms with Gasteiger partial charge in [0.05, 0.1) is 18.9 Å². The number of ether oxygens (including phenoxy) is 1. The fourth-order valence-electron chi connectivity index (χ4n) is 3.04. The Hall–Kier alpha value is -3.41. The number of nitrogens with one attached hydrogen (secondary N) is 2. The average Bonchev–Trinajstić information content (AvgIpc) is 2.89. The van der Waals surface area contributed by atoms with Gasteiger partial charge in [-0.15, -0.1) is 0 Å². The normalized spacial score (nSPS) is 16.0. The van der Waals surface area contributed by atoms with Crippen LogP contribution < -0.4 is 15.6 Å². The van der Waals surface area contributed by atoms with Gasteiger partial charge >= 0.3 is 0 Å². The number of aromatic amines is 1. The van der Waals surface area contributed by atoms with Gasteiger partial charge in [0.2, 0.25) is 0 Å². The van der Waals surface area contributed by atoms with Gasteiger partial charge in [-0.3, -0.25) is 9.78 Å². The summed E-state index contributed by atoms with van der Waals surface area (Å²) in [5.41, 5.74) is 2.86. The van der Waals surface area contributed by atoms with Crippen LogP contribution in [-0.4, -0.2) is 22.8 Å². The molecule has 0 radical (unpaired) electrons. The third kappa shape index (κ3) is 3.09. The van der Waals surface area contributed by atoms with Crippen LogP contribution in [0.15, 0.2) is 70.5 Å². The molecule has 0 saturated carbocycles. The summed E-state index contributed by atoms with van der Waals surface area (Å²) >= 11 is 0. The number of aromatic nitrogens is 2. The summed E-state index contributed by atoms with van der Waals surface area (Å²) in [6, 6.07) is 20.0. The van der Waals surface area contributed by atoms with Crippen molar-refractivity contribution in [1.29, 1.82) is 0 Å². The average molecular weight is 346 g/mol. The molecule has 3 aromatic rings. The maximum Gasteiger partial charge on any atom is 0.298 e. The molecule has 2 aromatic carbocycles. The first-order chi connectivity index (χ1) is 12.7. The zero-order valence-corrected chi connectivity index (χ0v) is 14.3. The van der Waals surface area contributed by atoms with E-state index in [2.05, 4.69) is 32.4 Å². The molecule has 130 valence electrons. The van der Waals surface area contributed by atoms with Crippen molar-refractivity contribution in [3.8, 4) is 6.01 Å². The highest BCUT2D eigenvalue weighted by atomic mass is 16.5. The first-order valence-corrected chi connectivity index (χ1v) is 8.37. The monoisotopic (exact) mass is 346 g/mol. The van der Waals surface area contributed by atoms with Gasteiger partial charge in [-0.1, -0.05) is 60.7 Å². The Morgan fingerprint density at radius 1 is 1.04 bits per heavy atom. The quantitative estimate of drug-likeness (QED) is 0.761. The number of methoxy groups -OCH3 is 1. The molecule has 26 heavy (non-hydrogen) atoms. The van der Waals surface area contributed by atoms with E-state index < -0.39 is 0 Å². The maximum atomic E-state index is 12.5. The van der Waals surface area contributed by atoms with E-state index in [0.29, 0.717) is 12.2 Å². The number of anilines is 1. The van der Waals surface area contributed by atoms with E-state index >= 15 is 0 Å². The third-order valence-corrected chi connectivity index (χ3v) is 4.33. The zero-order valence-electron chi connectivity index (χ0n) is 14.3. The van der Waals surface area contributed by atoms with E-state index in [1.807, 2.05) is 48.5 Å². The molecule has 0 bridgehead atoms. The third-order valence-electron chi connectivity index (χ3n) is 4.33. The Morgan fingerprint density at radius 2 is 1.73 bits per heavy atom. The smallest absolute Gasteiger partial charge is 0.298 e. The number of rotatable bonds is 3. The molecule has 1 atom stereocenters. The number of aliphatic imine (C=N–C) groups is 1. The predicted octanol–water partition coefficient (Wildman–Crippen LogP) is 3.46. The van der Waals surface area contributed by atoms with Crippen LogP contribution in [0.5, 0.6) is 6.01 Å². The van der Waals surface area contributed by atoms with Gasteiger partial charge in [0.15, 0.2) is 11.5 Å². The topological polar surface area (TPSA) is 79.4 Å². The Morgan fingerprint density at radius 3 is 2.42 bits per heavy atom. The zero-order chi connectivity index (χ0) is 17.9. The summed E-state index contributed by atoms with van der Waals surface area (Å²) in [4.78, 5) is 24.1. The highest BCUT2D eigenvalue weighted by Gasteiger charge is 2.24. The standard InChI is InChI=1S/C20H18N4O2/c1-26-20-23-18-17(19(25)24-20)21-15(13-8-4-2-5-9-13)12-16(22-18)14-10-6-3-7-11-14/h2-11,16H,12H2,1H3,(H2,22,23,24,25). The van der Waals surface area contributed by atoms with Crippen molar-refractivity contribution in [2.75, 3.05) is 12.4 Å². The summed E-state index contributed by atoms with van der Waals surface area (Å²) in [6.07, 6.45) is 0.631. The minimum absolute atomic E-state index is 0.0598. The lowest BCUT2D eigenvalue weighted by Gasteiger charge is -2.18. The van der Waals surface area contributed by atoms with Crippen molar-refractivity contribution in [3.63, 3.8) is 0 Å². The molecule has 0 saturated heterocycles. The Bertz CT molecular complexity index is 997. The van der Waals surface area contributed by atoms with Crippen LogP contribution in [0.1, 0.15) is 23.6 Å². The minimum Gasteiger partial charge on any atom is -0.468 e. The molecule has 0 aliphatic carbocycles. The largest absolute Gasteiger partial charge is 0.468 e. The molecule has 2 N–H and O–H groups in total. The second kappa shape index (κ2) is 6.84. The molecule has 6 nitrogen and oxygen atoms in total. The summed E-state index contributed by atoms with van der Waals surface area (Å²) in [7, 11) is 1.47. The van der Waals surface area contributed by atoms with Gasteiger partial charge in [0, 0.05) is 6.42 Å². The van der Waals surface area contributed by atoms with Crippen LogP contribution in [0.4, 0.5) is 11.5 Å². The molecule has 1 aromatic heterocycles. The first-order valence-electron chi connectivity index (χ1n) is 8.37. The van der Waals surface area contributed by atoms with Gasteiger partial charge in [-0.25, -0.2) is 4.99 Å². The molecule has 0 fully saturated rings. The Kier molecular flexibility index (Phi) is 4.23. The molecule has 1 aliphatic heterocycles. The van der Waals surface area contributed by atoms with Gasteiger partial charge in [-0.05, 0) is 11.1 Å².